The zero-order valence-corrected chi connectivity index (χ0v) is 20.0. The van der Waals surface area contributed by atoms with E-state index in [2.05, 4.69) is 30.6 Å². The van der Waals surface area contributed by atoms with Crippen LogP contribution in [0.25, 0.3) is 0 Å². The number of hydrogen-bond acceptors (Lipinski definition) is 2. The Bertz CT molecular complexity index is 483. The van der Waals surface area contributed by atoms with Crippen molar-refractivity contribution in [3.63, 3.8) is 0 Å². The van der Waals surface area contributed by atoms with Gasteiger partial charge in [0.1, 0.15) is 0 Å². The fourth-order valence-corrected chi connectivity index (χ4v) is 7.47. The number of likely N-dealkylation sites (tertiary alicyclic amines) is 2. The predicted molar refractivity (Wildman–Crippen MR) is 125 cm³/mol. The van der Waals surface area contributed by atoms with Gasteiger partial charge in [0.25, 0.3) is 0 Å². The second kappa shape index (κ2) is 10.5. The van der Waals surface area contributed by atoms with Gasteiger partial charge >= 0.3 is 0 Å². The van der Waals surface area contributed by atoms with Crippen LogP contribution in [0.2, 0.25) is 0 Å². The van der Waals surface area contributed by atoms with Gasteiger partial charge in [-0.1, -0.05) is 65.7 Å². The van der Waals surface area contributed by atoms with Crippen LogP contribution < -0.4 is 0 Å². The Morgan fingerprint density at radius 3 is 1.83 bits per heavy atom. The van der Waals surface area contributed by atoms with Crippen molar-refractivity contribution in [1.29, 1.82) is 0 Å². The quantitative estimate of drug-likeness (QED) is 0.429. The smallest absolute Gasteiger partial charge is 0.00955 e. The van der Waals surface area contributed by atoms with E-state index in [1.54, 1.807) is 0 Å². The largest absolute Gasteiger partial charge is 0.300 e. The molecule has 5 atom stereocenters. The van der Waals surface area contributed by atoms with Crippen LogP contribution >= 0.6 is 0 Å². The topological polar surface area (TPSA) is 6.48 Å². The highest BCUT2D eigenvalue weighted by Crippen LogP contribution is 2.43. The maximum atomic E-state index is 2.97. The number of nitrogens with zero attached hydrogens (tertiary/aromatic N) is 2. The molecule has 0 spiro atoms. The van der Waals surface area contributed by atoms with Gasteiger partial charge < -0.3 is 4.90 Å². The lowest BCUT2D eigenvalue weighted by Gasteiger charge is -2.51. The standard InChI is InChI=1S/C27H50N2/c1-4-9-22-15-16-28(25-11-7-12-25)19-23(22)17-24-20-29(26-13-8-14-26)18-21(6-3)27(24)10-5-2/h21-27H,4-20H2,1-3H3/t21-,22-,23+,24?,27+/m1/s1. The molecule has 2 heteroatoms. The first-order valence-electron chi connectivity index (χ1n) is 13.7. The summed E-state index contributed by atoms with van der Waals surface area (Å²) in [4.78, 5) is 5.90. The van der Waals surface area contributed by atoms with Gasteiger partial charge in [0, 0.05) is 31.7 Å². The number of rotatable bonds is 9. The van der Waals surface area contributed by atoms with Crippen LogP contribution in [0.4, 0.5) is 0 Å². The van der Waals surface area contributed by atoms with Gasteiger partial charge in [0.2, 0.25) is 0 Å². The van der Waals surface area contributed by atoms with Crippen molar-refractivity contribution in [2.45, 2.75) is 116 Å². The summed E-state index contributed by atoms with van der Waals surface area (Å²) in [7, 11) is 0. The van der Waals surface area contributed by atoms with Crippen molar-refractivity contribution in [2.75, 3.05) is 26.2 Å². The third-order valence-corrected chi connectivity index (χ3v) is 9.67. The van der Waals surface area contributed by atoms with Crippen molar-refractivity contribution in [3.05, 3.63) is 0 Å². The van der Waals surface area contributed by atoms with E-state index < -0.39 is 0 Å². The lowest BCUT2D eigenvalue weighted by molar-refractivity contribution is -0.0232. The molecule has 2 saturated carbocycles. The molecule has 0 aromatic heterocycles. The first kappa shape index (κ1) is 22.1. The van der Waals surface area contributed by atoms with Crippen LogP contribution in [-0.2, 0) is 0 Å². The van der Waals surface area contributed by atoms with E-state index in [4.69, 9.17) is 0 Å². The Morgan fingerprint density at radius 2 is 1.24 bits per heavy atom. The van der Waals surface area contributed by atoms with Crippen LogP contribution in [0.15, 0.2) is 0 Å². The van der Waals surface area contributed by atoms with E-state index in [1.165, 1.54) is 110 Å². The summed E-state index contributed by atoms with van der Waals surface area (Å²) in [5.41, 5.74) is 0. The molecule has 168 valence electrons. The Kier molecular flexibility index (Phi) is 8.00. The normalized spacial score (nSPS) is 38.0. The molecular formula is C27H50N2. The van der Waals surface area contributed by atoms with Crippen LogP contribution in [0, 0.1) is 29.6 Å². The zero-order chi connectivity index (χ0) is 20.2. The maximum Gasteiger partial charge on any atom is 0.00955 e. The van der Waals surface area contributed by atoms with E-state index in [1.807, 2.05) is 0 Å². The van der Waals surface area contributed by atoms with Crippen molar-refractivity contribution in [3.8, 4) is 0 Å². The SMILES string of the molecule is CCC[C@@H]1CCN(C2CCC2)C[C@@H]1CC1CN(C2CCC2)C[C@@H](CC)[C@@H]1CCC. The van der Waals surface area contributed by atoms with E-state index in [9.17, 15) is 0 Å². The van der Waals surface area contributed by atoms with E-state index in [0.29, 0.717) is 0 Å². The second-order valence-corrected chi connectivity index (χ2v) is 11.3. The molecule has 2 saturated heterocycles. The molecule has 0 amide bonds. The molecule has 4 aliphatic rings. The second-order valence-electron chi connectivity index (χ2n) is 11.3. The zero-order valence-electron chi connectivity index (χ0n) is 20.0. The molecule has 0 aromatic rings. The first-order chi connectivity index (χ1) is 14.2. The summed E-state index contributed by atoms with van der Waals surface area (Å²) < 4.78 is 0. The van der Waals surface area contributed by atoms with Crippen LogP contribution in [0.3, 0.4) is 0 Å². The first-order valence-corrected chi connectivity index (χ1v) is 13.7. The summed E-state index contributed by atoms with van der Waals surface area (Å²) in [5.74, 6) is 4.93. The molecule has 0 radical (unpaired) electrons. The van der Waals surface area contributed by atoms with E-state index in [0.717, 1.165) is 41.7 Å². The molecule has 0 bridgehead atoms. The van der Waals surface area contributed by atoms with Crippen LogP contribution in [0.1, 0.15) is 104 Å². The van der Waals surface area contributed by atoms with Crippen molar-refractivity contribution < 1.29 is 0 Å². The predicted octanol–water partition coefficient (Wildman–Crippen LogP) is 6.59. The Balaban J connectivity index is 1.46. The van der Waals surface area contributed by atoms with Crippen LogP contribution in [-0.4, -0.2) is 48.1 Å². The van der Waals surface area contributed by atoms with Gasteiger partial charge in [-0.25, -0.2) is 0 Å². The molecule has 1 unspecified atom stereocenters. The fraction of sp³-hybridized carbons (Fsp3) is 1.00. The van der Waals surface area contributed by atoms with Gasteiger partial charge in [0.15, 0.2) is 0 Å². The van der Waals surface area contributed by atoms with Gasteiger partial charge in [-0.3, -0.25) is 4.90 Å². The highest BCUT2D eigenvalue weighted by atomic mass is 15.2. The summed E-state index contributed by atoms with van der Waals surface area (Å²) in [6.45, 7) is 13.0. The van der Waals surface area contributed by atoms with Gasteiger partial charge in [-0.15, -0.1) is 0 Å². The molecule has 29 heavy (non-hydrogen) atoms. The molecule has 2 aliphatic heterocycles. The Hall–Kier alpha value is -0.0800. The summed E-state index contributed by atoms with van der Waals surface area (Å²) in [5, 5.41) is 0. The Labute approximate surface area is 182 Å². The average Bonchev–Trinajstić information content (AvgIpc) is 2.63. The molecule has 0 N–H and O–H groups in total. The third kappa shape index (κ3) is 5.05. The lowest BCUT2D eigenvalue weighted by atomic mass is 9.67. The minimum Gasteiger partial charge on any atom is -0.300 e. The summed E-state index contributed by atoms with van der Waals surface area (Å²) in [6.07, 6.45) is 19.1. The molecule has 2 nitrogen and oxygen atoms in total. The molecule has 2 aliphatic carbocycles. The summed E-state index contributed by atoms with van der Waals surface area (Å²) >= 11 is 0. The molecule has 4 fully saturated rings. The third-order valence-electron chi connectivity index (χ3n) is 9.67. The Morgan fingerprint density at radius 1 is 0.621 bits per heavy atom. The highest BCUT2D eigenvalue weighted by Gasteiger charge is 2.42. The minimum atomic E-state index is 0.943. The van der Waals surface area contributed by atoms with Crippen molar-refractivity contribution >= 4 is 0 Å². The fourth-order valence-electron chi connectivity index (χ4n) is 7.47. The summed E-state index contributed by atoms with van der Waals surface area (Å²) in [6, 6.07) is 1.89. The van der Waals surface area contributed by atoms with Crippen molar-refractivity contribution in [1.82, 2.24) is 9.80 Å². The van der Waals surface area contributed by atoms with E-state index in [-0.39, 0.29) is 0 Å². The number of hydrogen-bond donors (Lipinski definition) is 0. The number of piperidine rings is 2. The van der Waals surface area contributed by atoms with Gasteiger partial charge in [-0.05, 0) is 74.7 Å². The van der Waals surface area contributed by atoms with Crippen molar-refractivity contribution in [2.24, 2.45) is 29.6 Å². The van der Waals surface area contributed by atoms with Gasteiger partial charge in [-0.2, -0.15) is 0 Å². The van der Waals surface area contributed by atoms with E-state index >= 15 is 0 Å². The maximum absolute atomic E-state index is 2.97. The van der Waals surface area contributed by atoms with Gasteiger partial charge in [0.05, 0.1) is 0 Å². The monoisotopic (exact) mass is 402 g/mol. The highest BCUT2D eigenvalue weighted by molar-refractivity contribution is 4.94. The molecule has 2 heterocycles. The lowest BCUT2D eigenvalue weighted by Crippen LogP contribution is -2.54. The van der Waals surface area contributed by atoms with Crippen LogP contribution in [0.5, 0.6) is 0 Å². The molecular weight excluding hydrogens is 352 g/mol. The minimum absolute atomic E-state index is 0.943. The average molecular weight is 403 g/mol. The molecule has 0 aromatic carbocycles. The molecule has 4 rings (SSSR count).